The van der Waals surface area contributed by atoms with Gasteiger partial charge in [-0.1, -0.05) is 48.0 Å². The molecule has 0 heterocycles. The Bertz CT molecular complexity index is 943. The van der Waals surface area contributed by atoms with Crippen LogP contribution in [0.3, 0.4) is 0 Å². The third-order valence-electron chi connectivity index (χ3n) is 3.86. The lowest BCUT2D eigenvalue weighted by molar-refractivity contribution is -0.128. The quantitative estimate of drug-likeness (QED) is 0.403. The average Bonchev–Trinajstić information content (AvgIpc) is 2.69. The molecule has 0 saturated carbocycles. The van der Waals surface area contributed by atoms with E-state index in [-0.39, 0.29) is 5.91 Å². The summed E-state index contributed by atoms with van der Waals surface area (Å²) in [6.45, 7) is 1.99. The SMILES string of the molecule is Cc1ccc(NC(=O)c2ccc(OC(=O)/C=C/c3ccccc3)cc2)cc1. The lowest BCUT2D eigenvalue weighted by atomic mass is 10.2. The van der Waals surface area contributed by atoms with Crippen LogP contribution in [0.25, 0.3) is 6.08 Å². The molecule has 1 amide bonds. The minimum absolute atomic E-state index is 0.222. The fourth-order valence-electron chi connectivity index (χ4n) is 2.39. The van der Waals surface area contributed by atoms with Crippen LogP contribution in [0.4, 0.5) is 5.69 Å². The molecule has 0 bridgehead atoms. The van der Waals surface area contributed by atoms with Gasteiger partial charge in [0.05, 0.1) is 0 Å². The Morgan fingerprint density at radius 2 is 1.52 bits per heavy atom. The summed E-state index contributed by atoms with van der Waals surface area (Å²) in [6.07, 6.45) is 3.05. The largest absolute Gasteiger partial charge is 0.423 e. The number of amides is 1. The van der Waals surface area contributed by atoms with Gasteiger partial charge in [-0.3, -0.25) is 4.79 Å². The second-order valence-corrected chi connectivity index (χ2v) is 6.01. The first-order chi connectivity index (χ1) is 13.1. The second kappa shape index (κ2) is 8.63. The minimum Gasteiger partial charge on any atom is -0.423 e. The molecule has 0 aliphatic rings. The molecule has 0 fully saturated rings. The Hall–Kier alpha value is -3.66. The number of benzene rings is 3. The number of carbonyl (C=O) groups excluding carboxylic acids is 2. The van der Waals surface area contributed by atoms with Crippen LogP contribution in [0.1, 0.15) is 21.5 Å². The number of ether oxygens (including phenoxy) is 1. The van der Waals surface area contributed by atoms with Crippen LogP contribution >= 0.6 is 0 Å². The molecule has 3 aromatic carbocycles. The van der Waals surface area contributed by atoms with E-state index in [0.717, 1.165) is 16.8 Å². The first-order valence-electron chi connectivity index (χ1n) is 8.53. The average molecular weight is 357 g/mol. The Morgan fingerprint density at radius 3 is 2.19 bits per heavy atom. The van der Waals surface area contributed by atoms with Gasteiger partial charge >= 0.3 is 5.97 Å². The topological polar surface area (TPSA) is 55.4 Å². The maximum atomic E-state index is 12.3. The van der Waals surface area contributed by atoms with Crippen molar-refractivity contribution in [3.63, 3.8) is 0 Å². The second-order valence-electron chi connectivity index (χ2n) is 6.01. The van der Waals surface area contributed by atoms with Crippen LogP contribution in [0.5, 0.6) is 5.75 Å². The lowest BCUT2D eigenvalue weighted by Crippen LogP contribution is -2.12. The number of anilines is 1. The third kappa shape index (κ3) is 5.41. The molecule has 0 spiro atoms. The molecule has 4 nitrogen and oxygen atoms in total. The van der Waals surface area contributed by atoms with E-state index in [2.05, 4.69) is 5.32 Å². The zero-order valence-corrected chi connectivity index (χ0v) is 14.9. The van der Waals surface area contributed by atoms with Gasteiger partial charge in [0.25, 0.3) is 5.91 Å². The number of hydrogen-bond acceptors (Lipinski definition) is 3. The van der Waals surface area contributed by atoms with E-state index >= 15 is 0 Å². The number of rotatable bonds is 5. The van der Waals surface area contributed by atoms with Crippen molar-refractivity contribution in [2.24, 2.45) is 0 Å². The third-order valence-corrected chi connectivity index (χ3v) is 3.86. The van der Waals surface area contributed by atoms with Gasteiger partial charge in [-0.05, 0) is 55.0 Å². The monoisotopic (exact) mass is 357 g/mol. The van der Waals surface area contributed by atoms with Gasteiger partial charge in [0.15, 0.2) is 0 Å². The highest BCUT2D eigenvalue weighted by Crippen LogP contribution is 2.15. The van der Waals surface area contributed by atoms with Crippen LogP contribution in [0.15, 0.2) is 84.9 Å². The van der Waals surface area contributed by atoms with Crippen molar-refractivity contribution in [1.82, 2.24) is 0 Å². The molecular weight excluding hydrogens is 338 g/mol. The van der Waals surface area contributed by atoms with Crippen molar-refractivity contribution < 1.29 is 14.3 Å². The van der Waals surface area contributed by atoms with Crippen molar-refractivity contribution in [3.05, 3.63) is 102 Å². The first kappa shape index (κ1) is 18.1. The molecule has 0 aliphatic carbocycles. The molecule has 0 radical (unpaired) electrons. The summed E-state index contributed by atoms with van der Waals surface area (Å²) in [6, 6.07) is 23.5. The summed E-state index contributed by atoms with van der Waals surface area (Å²) in [5.41, 5.74) is 3.25. The first-order valence-corrected chi connectivity index (χ1v) is 8.53. The van der Waals surface area contributed by atoms with Gasteiger partial charge < -0.3 is 10.1 Å². The van der Waals surface area contributed by atoms with Crippen LogP contribution in [-0.4, -0.2) is 11.9 Å². The fraction of sp³-hybridized carbons (Fsp3) is 0.0435. The molecule has 0 atom stereocenters. The Kier molecular flexibility index (Phi) is 5.80. The van der Waals surface area contributed by atoms with Crippen LogP contribution in [-0.2, 0) is 4.79 Å². The summed E-state index contributed by atoms with van der Waals surface area (Å²) in [5, 5.41) is 2.83. The number of carbonyl (C=O) groups is 2. The molecule has 0 unspecified atom stereocenters. The summed E-state index contributed by atoms with van der Waals surface area (Å²) in [7, 11) is 0. The van der Waals surface area contributed by atoms with Crippen molar-refractivity contribution in [1.29, 1.82) is 0 Å². The van der Waals surface area contributed by atoms with E-state index in [0.29, 0.717) is 11.3 Å². The molecule has 1 N–H and O–H groups in total. The molecule has 27 heavy (non-hydrogen) atoms. The number of esters is 1. The number of hydrogen-bond donors (Lipinski definition) is 1. The highest BCUT2D eigenvalue weighted by molar-refractivity contribution is 6.04. The Balaban J connectivity index is 1.58. The highest BCUT2D eigenvalue weighted by Gasteiger charge is 2.07. The summed E-state index contributed by atoms with van der Waals surface area (Å²) >= 11 is 0. The summed E-state index contributed by atoms with van der Waals surface area (Å²) in [5.74, 6) is -0.319. The lowest BCUT2D eigenvalue weighted by Gasteiger charge is -2.06. The molecular formula is C23H19NO3. The molecule has 0 saturated heterocycles. The van der Waals surface area contributed by atoms with Crippen LogP contribution in [0, 0.1) is 6.92 Å². The van der Waals surface area contributed by atoms with Crippen molar-refractivity contribution >= 4 is 23.6 Å². The van der Waals surface area contributed by atoms with E-state index in [1.54, 1.807) is 30.3 Å². The maximum Gasteiger partial charge on any atom is 0.336 e. The van der Waals surface area contributed by atoms with Crippen LogP contribution < -0.4 is 10.1 Å². The van der Waals surface area contributed by atoms with Crippen molar-refractivity contribution in [3.8, 4) is 5.75 Å². The van der Waals surface area contributed by atoms with E-state index in [4.69, 9.17) is 4.74 Å². The highest BCUT2D eigenvalue weighted by atomic mass is 16.5. The summed E-state index contributed by atoms with van der Waals surface area (Å²) < 4.78 is 5.24. The fourth-order valence-corrected chi connectivity index (χ4v) is 2.39. The van der Waals surface area contributed by atoms with E-state index < -0.39 is 5.97 Å². The smallest absolute Gasteiger partial charge is 0.336 e. The normalized spacial score (nSPS) is 10.6. The van der Waals surface area contributed by atoms with E-state index in [1.807, 2.05) is 61.5 Å². The summed E-state index contributed by atoms with van der Waals surface area (Å²) in [4.78, 5) is 24.1. The molecule has 3 rings (SSSR count). The Morgan fingerprint density at radius 1 is 0.852 bits per heavy atom. The number of nitrogens with one attached hydrogen (secondary N) is 1. The van der Waals surface area contributed by atoms with Gasteiger partial charge in [-0.25, -0.2) is 4.79 Å². The minimum atomic E-state index is -0.476. The standard InChI is InChI=1S/C23H19NO3/c1-17-7-12-20(13-8-17)24-23(26)19-10-14-21(15-11-19)27-22(25)16-9-18-5-3-2-4-6-18/h2-16H,1H3,(H,24,26)/b16-9+. The number of aryl methyl sites for hydroxylation is 1. The van der Waals surface area contributed by atoms with Crippen LogP contribution in [0.2, 0.25) is 0 Å². The van der Waals surface area contributed by atoms with Gasteiger partial charge in [0, 0.05) is 17.3 Å². The zero-order chi connectivity index (χ0) is 19.1. The molecule has 3 aromatic rings. The van der Waals surface area contributed by atoms with Gasteiger partial charge in [0.1, 0.15) is 5.75 Å². The molecule has 134 valence electrons. The molecule has 0 aromatic heterocycles. The van der Waals surface area contributed by atoms with Gasteiger partial charge in [0.2, 0.25) is 0 Å². The predicted molar refractivity (Wildman–Crippen MR) is 107 cm³/mol. The zero-order valence-electron chi connectivity index (χ0n) is 14.9. The van der Waals surface area contributed by atoms with E-state index in [9.17, 15) is 9.59 Å². The van der Waals surface area contributed by atoms with Gasteiger partial charge in [-0.2, -0.15) is 0 Å². The Labute approximate surface area is 158 Å². The van der Waals surface area contributed by atoms with E-state index in [1.165, 1.54) is 6.08 Å². The van der Waals surface area contributed by atoms with Crippen molar-refractivity contribution in [2.45, 2.75) is 6.92 Å². The van der Waals surface area contributed by atoms with Gasteiger partial charge in [-0.15, -0.1) is 0 Å². The molecule has 4 heteroatoms. The predicted octanol–water partition coefficient (Wildman–Crippen LogP) is 4.87. The molecule has 0 aliphatic heterocycles. The van der Waals surface area contributed by atoms with Crippen molar-refractivity contribution in [2.75, 3.05) is 5.32 Å². The maximum absolute atomic E-state index is 12.3.